The van der Waals surface area contributed by atoms with Gasteiger partial charge < -0.3 is 15.2 Å². The van der Waals surface area contributed by atoms with E-state index in [1.54, 1.807) is 19.0 Å². The van der Waals surface area contributed by atoms with Crippen LogP contribution in [0, 0.1) is 0 Å². The van der Waals surface area contributed by atoms with E-state index in [0.717, 1.165) is 18.7 Å². The van der Waals surface area contributed by atoms with Gasteiger partial charge in [0.05, 0.1) is 13.1 Å². The Bertz CT molecular complexity index is 642. The molecule has 1 heterocycles. The SMILES string of the molecule is CCN(Cc1ccc(C(=O)N(C)C)cc1)Cc1noc(CN)n1.Cl. The van der Waals surface area contributed by atoms with Gasteiger partial charge in [-0.15, -0.1) is 12.4 Å². The van der Waals surface area contributed by atoms with Crippen molar-refractivity contribution in [2.75, 3.05) is 20.6 Å². The van der Waals surface area contributed by atoms with E-state index in [1.165, 1.54) is 0 Å². The summed E-state index contributed by atoms with van der Waals surface area (Å²) in [5, 5.41) is 3.92. The third kappa shape index (κ3) is 5.30. The van der Waals surface area contributed by atoms with E-state index in [1.807, 2.05) is 24.3 Å². The van der Waals surface area contributed by atoms with Gasteiger partial charge in [0.2, 0.25) is 5.89 Å². The Labute approximate surface area is 148 Å². The summed E-state index contributed by atoms with van der Waals surface area (Å²) in [6, 6.07) is 7.65. The highest BCUT2D eigenvalue weighted by Gasteiger charge is 2.12. The molecule has 7 nitrogen and oxygen atoms in total. The third-order valence-electron chi connectivity index (χ3n) is 3.51. The summed E-state index contributed by atoms with van der Waals surface area (Å²) in [5.74, 6) is 1.08. The molecule has 0 radical (unpaired) electrons. The Morgan fingerprint density at radius 2 is 1.88 bits per heavy atom. The molecule has 8 heteroatoms. The number of halogens is 1. The van der Waals surface area contributed by atoms with Crippen LogP contribution >= 0.6 is 12.4 Å². The fourth-order valence-electron chi connectivity index (χ4n) is 2.19. The average molecular weight is 354 g/mol. The van der Waals surface area contributed by atoms with E-state index in [-0.39, 0.29) is 24.9 Å². The molecule has 0 bridgehead atoms. The van der Waals surface area contributed by atoms with Crippen molar-refractivity contribution in [2.45, 2.75) is 26.6 Å². The molecular weight excluding hydrogens is 330 g/mol. The highest BCUT2D eigenvalue weighted by atomic mass is 35.5. The largest absolute Gasteiger partial charge is 0.345 e. The molecule has 0 aliphatic rings. The molecule has 1 amide bonds. The van der Waals surface area contributed by atoms with Crippen LogP contribution in [0.5, 0.6) is 0 Å². The number of nitrogens with zero attached hydrogens (tertiary/aromatic N) is 4. The first-order valence-electron chi connectivity index (χ1n) is 7.58. The van der Waals surface area contributed by atoms with E-state index >= 15 is 0 Å². The van der Waals surface area contributed by atoms with Crippen molar-refractivity contribution in [3.8, 4) is 0 Å². The van der Waals surface area contributed by atoms with Gasteiger partial charge in [-0.05, 0) is 24.2 Å². The first kappa shape index (κ1) is 20.1. The molecule has 0 fully saturated rings. The van der Waals surface area contributed by atoms with Gasteiger partial charge in [0.1, 0.15) is 0 Å². The van der Waals surface area contributed by atoms with Gasteiger partial charge in [0, 0.05) is 26.2 Å². The Balaban J connectivity index is 0.00000288. The topological polar surface area (TPSA) is 88.5 Å². The first-order valence-corrected chi connectivity index (χ1v) is 7.58. The van der Waals surface area contributed by atoms with Crippen molar-refractivity contribution in [3.63, 3.8) is 0 Å². The number of carbonyl (C=O) groups excluding carboxylic acids is 1. The summed E-state index contributed by atoms with van der Waals surface area (Å²) in [6.07, 6.45) is 0. The maximum absolute atomic E-state index is 11.9. The fourth-order valence-corrected chi connectivity index (χ4v) is 2.19. The number of rotatable bonds is 7. The van der Waals surface area contributed by atoms with Crippen molar-refractivity contribution in [1.82, 2.24) is 19.9 Å². The third-order valence-corrected chi connectivity index (χ3v) is 3.51. The zero-order chi connectivity index (χ0) is 16.8. The second-order valence-electron chi connectivity index (χ2n) is 5.51. The normalized spacial score (nSPS) is 10.5. The van der Waals surface area contributed by atoms with E-state index in [2.05, 4.69) is 22.0 Å². The Morgan fingerprint density at radius 3 is 2.38 bits per heavy atom. The van der Waals surface area contributed by atoms with Gasteiger partial charge >= 0.3 is 0 Å². The van der Waals surface area contributed by atoms with Gasteiger partial charge in [-0.2, -0.15) is 4.98 Å². The summed E-state index contributed by atoms with van der Waals surface area (Å²) in [4.78, 5) is 19.9. The maximum Gasteiger partial charge on any atom is 0.253 e. The number of amides is 1. The number of carbonyl (C=O) groups is 1. The number of hydrogen-bond acceptors (Lipinski definition) is 6. The molecule has 1 aromatic heterocycles. The number of benzene rings is 1. The van der Waals surface area contributed by atoms with Crippen LogP contribution in [-0.2, 0) is 19.6 Å². The number of aromatic nitrogens is 2. The summed E-state index contributed by atoms with van der Waals surface area (Å²) in [7, 11) is 3.49. The Hall–Kier alpha value is -1.96. The van der Waals surface area contributed by atoms with E-state index in [0.29, 0.717) is 23.8 Å². The predicted octanol–water partition coefficient (Wildman–Crippen LogP) is 1.67. The van der Waals surface area contributed by atoms with Crippen LogP contribution in [-0.4, -0.2) is 46.5 Å². The van der Waals surface area contributed by atoms with Crippen molar-refractivity contribution < 1.29 is 9.32 Å². The summed E-state index contributed by atoms with van der Waals surface area (Å²) < 4.78 is 5.02. The van der Waals surface area contributed by atoms with E-state index < -0.39 is 0 Å². The molecule has 1 aromatic carbocycles. The molecule has 0 spiro atoms. The summed E-state index contributed by atoms with van der Waals surface area (Å²) in [5.41, 5.74) is 7.29. The lowest BCUT2D eigenvalue weighted by molar-refractivity contribution is 0.0827. The lowest BCUT2D eigenvalue weighted by Crippen LogP contribution is -2.23. The minimum atomic E-state index is 0. The standard InChI is InChI=1S/C16H23N5O2.ClH/c1-4-21(11-14-18-15(9-17)23-19-14)10-12-5-7-13(8-6-12)16(22)20(2)3;/h5-8H,4,9-11,17H2,1-3H3;1H. The molecule has 0 aliphatic carbocycles. The zero-order valence-corrected chi connectivity index (χ0v) is 15.0. The molecule has 0 aliphatic heterocycles. The van der Waals surface area contributed by atoms with Crippen LogP contribution in [0.4, 0.5) is 0 Å². The van der Waals surface area contributed by atoms with Crippen molar-refractivity contribution in [2.24, 2.45) is 5.73 Å². The van der Waals surface area contributed by atoms with Crippen molar-refractivity contribution in [1.29, 1.82) is 0 Å². The van der Waals surface area contributed by atoms with Crippen LogP contribution in [0.15, 0.2) is 28.8 Å². The Morgan fingerprint density at radius 1 is 1.21 bits per heavy atom. The molecule has 2 aromatic rings. The average Bonchev–Trinajstić information content (AvgIpc) is 3.01. The molecule has 0 saturated heterocycles. The maximum atomic E-state index is 11.9. The van der Waals surface area contributed by atoms with Gasteiger partial charge in [0.15, 0.2) is 5.82 Å². The van der Waals surface area contributed by atoms with Crippen LogP contribution in [0.1, 0.15) is 34.6 Å². The molecule has 24 heavy (non-hydrogen) atoms. The summed E-state index contributed by atoms with van der Waals surface area (Å²) in [6.45, 7) is 4.52. The van der Waals surface area contributed by atoms with Crippen molar-refractivity contribution in [3.05, 3.63) is 47.1 Å². The predicted molar refractivity (Wildman–Crippen MR) is 93.7 cm³/mol. The van der Waals surface area contributed by atoms with E-state index in [9.17, 15) is 4.79 Å². The molecule has 0 atom stereocenters. The molecule has 2 N–H and O–H groups in total. The van der Waals surface area contributed by atoms with Gasteiger partial charge in [-0.3, -0.25) is 9.69 Å². The molecular formula is C16H24ClN5O2. The minimum absolute atomic E-state index is 0. The smallest absolute Gasteiger partial charge is 0.253 e. The van der Waals surface area contributed by atoms with Crippen LogP contribution in [0.2, 0.25) is 0 Å². The van der Waals surface area contributed by atoms with Gasteiger partial charge in [-0.1, -0.05) is 24.2 Å². The van der Waals surface area contributed by atoms with Gasteiger partial charge in [0.25, 0.3) is 5.91 Å². The lowest BCUT2D eigenvalue weighted by atomic mass is 10.1. The van der Waals surface area contributed by atoms with E-state index in [4.69, 9.17) is 10.3 Å². The van der Waals surface area contributed by atoms with Crippen LogP contribution in [0.3, 0.4) is 0 Å². The highest BCUT2D eigenvalue weighted by Crippen LogP contribution is 2.11. The first-order chi connectivity index (χ1) is 11.0. The molecule has 132 valence electrons. The number of hydrogen-bond donors (Lipinski definition) is 1. The molecule has 0 saturated carbocycles. The van der Waals surface area contributed by atoms with Crippen LogP contribution in [0.25, 0.3) is 0 Å². The quantitative estimate of drug-likeness (QED) is 0.814. The highest BCUT2D eigenvalue weighted by molar-refractivity contribution is 5.93. The second kappa shape index (κ2) is 9.36. The van der Waals surface area contributed by atoms with Crippen LogP contribution < -0.4 is 5.73 Å². The molecule has 0 unspecified atom stereocenters. The fraction of sp³-hybridized carbons (Fsp3) is 0.438. The van der Waals surface area contributed by atoms with Gasteiger partial charge in [-0.25, -0.2) is 0 Å². The summed E-state index contributed by atoms with van der Waals surface area (Å²) >= 11 is 0. The monoisotopic (exact) mass is 353 g/mol. The number of nitrogens with two attached hydrogens (primary N) is 1. The van der Waals surface area contributed by atoms with Crippen molar-refractivity contribution >= 4 is 18.3 Å². The lowest BCUT2D eigenvalue weighted by Gasteiger charge is -2.18. The minimum Gasteiger partial charge on any atom is -0.345 e. The second-order valence-corrected chi connectivity index (χ2v) is 5.51. The zero-order valence-electron chi connectivity index (χ0n) is 14.2. The molecule has 2 rings (SSSR count). The Kier molecular flexibility index (Phi) is 7.84.